The van der Waals surface area contributed by atoms with Crippen molar-refractivity contribution in [1.82, 2.24) is 19.2 Å². The molecule has 26 heavy (non-hydrogen) atoms. The Morgan fingerprint density at radius 1 is 1.15 bits per heavy atom. The van der Waals surface area contributed by atoms with E-state index >= 15 is 0 Å². The number of aryl methyl sites for hydroxylation is 2. The number of aromatic nitrogens is 3. The van der Waals surface area contributed by atoms with Crippen molar-refractivity contribution >= 4 is 12.2 Å². The second-order valence-corrected chi connectivity index (χ2v) is 7.10. The Morgan fingerprint density at radius 2 is 1.88 bits per heavy atom. The molecule has 0 spiro atoms. The average Bonchev–Trinajstić information content (AvgIpc) is 2.86. The molecule has 6 heteroatoms. The summed E-state index contributed by atoms with van der Waals surface area (Å²) in [4.78, 5) is 2.14. The van der Waals surface area contributed by atoms with Crippen LogP contribution in [0.25, 0.3) is 11.4 Å². The molecule has 0 aliphatic rings. The van der Waals surface area contributed by atoms with Crippen molar-refractivity contribution in [1.29, 1.82) is 0 Å². The fourth-order valence-electron chi connectivity index (χ4n) is 3.05. The molecular weight excluding hydrogens is 347 g/mol. The van der Waals surface area contributed by atoms with Gasteiger partial charge in [0, 0.05) is 13.6 Å². The van der Waals surface area contributed by atoms with Crippen LogP contribution < -0.4 is 0 Å². The van der Waals surface area contributed by atoms with Crippen molar-refractivity contribution in [3.05, 3.63) is 69.7 Å². The third-order valence-corrected chi connectivity index (χ3v) is 4.95. The molecule has 0 N–H and O–H groups in total. The Morgan fingerprint density at radius 3 is 2.58 bits per heavy atom. The molecule has 0 aliphatic heterocycles. The van der Waals surface area contributed by atoms with Crippen LogP contribution in [0.2, 0.25) is 0 Å². The SMILES string of the molecule is Cc1ccc(CN(C)Cn2nc(-c3ccccc3F)n(C)c2=S)c(C)c1. The lowest BCUT2D eigenvalue weighted by Gasteiger charge is -2.18. The van der Waals surface area contributed by atoms with Crippen LogP contribution in [-0.4, -0.2) is 26.3 Å². The van der Waals surface area contributed by atoms with Gasteiger partial charge < -0.3 is 4.57 Å². The summed E-state index contributed by atoms with van der Waals surface area (Å²) in [5, 5.41) is 4.55. The molecular formula is C20H23FN4S. The molecule has 0 unspecified atom stereocenters. The summed E-state index contributed by atoms with van der Waals surface area (Å²) in [6.07, 6.45) is 0. The molecule has 1 aromatic heterocycles. The molecule has 4 nitrogen and oxygen atoms in total. The Hall–Kier alpha value is -2.31. The van der Waals surface area contributed by atoms with Crippen molar-refractivity contribution in [2.24, 2.45) is 7.05 Å². The molecule has 3 aromatic rings. The van der Waals surface area contributed by atoms with E-state index in [9.17, 15) is 4.39 Å². The van der Waals surface area contributed by atoms with E-state index < -0.39 is 0 Å². The summed E-state index contributed by atoms with van der Waals surface area (Å²) in [6.45, 7) is 5.55. The number of benzene rings is 2. The van der Waals surface area contributed by atoms with E-state index in [-0.39, 0.29) is 5.82 Å². The number of nitrogens with zero attached hydrogens (tertiary/aromatic N) is 4. The molecule has 3 rings (SSSR count). The third-order valence-electron chi connectivity index (χ3n) is 4.47. The minimum absolute atomic E-state index is 0.300. The smallest absolute Gasteiger partial charge is 0.199 e. The summed E-state index contributed by atoms with van der Waals surface area (Å²) in [5.74, 6) is 0.236. The Bertz CT molecular complexity index is 990. The van der Waals surface area contributed by atoms with Gasteiger partial charge in [0.05, 0.1) is 12.2 Å². The van der Waals surface area contributed by atoms with Crippen LogP contribution in [0, 0.1) is 24.4 Å². The summed E-state index contributed by atoms with van der Waals surface area (Å²) >= 11 is 5.50. The fraction of sp³-hybridized carbons (Fsp3) is 0.300. The predicted octanol–water partition coefficient (Wildman–Crippen LogP) is 4.46. The predicted molar refractivity (Wildman–Crippen MR) is 105 cm³/mol. The minimum atomic E-state index is -0.300. The monoisotopic (exact) mass is 370 g/mol. The maximum atomic E-state index is 14.1. The average molecular weight is 370 g/mol. The summed E-state index contributed by atoms with van der Waals surface area (Å²) in [6, 6.07) is 13.1. The van der Waals surface area contributed by atoms with Gasteiger partial charge >= 0.3 is 0 Å². The highest BCUT2D eigenvalue weighted by Gasteiger charge is 2.14. The molecule has 0 saturated heterocycles. The number of halogens is 1. The minimum Gasteiger partial charge on any atom is -0.303 e. The number of rotatable bonds is 5. The molecule has 136 valence electrons. The normalized spacial score (nSPS) is 11.3. The molecule has 0 fully saturated rings. The van der Waals surface area contributed by atoms with Gasteiger partial charge in [-0.15, -0.1) is 0 Å². The van der Waals surface area contributed by atoms with E-state index in [1.165, 1.54) is 22.8 Å². The summed E-state index contributed by atoms with van der Waals surface area (Å²) in [7, 11) is 3.84. The number of hydrogen-bond acceptors (Lipinski definition) is 3. The quantitative estimate of drug-likeness (QED) is 0.620. The van der Waals surface area contributed by atoms with E-state index in [1.807, 2.05) is 14.1 Å². The third kappa shape index (κ3) is 3.76. The van der Waals surface area contributed by atoms with Crippen LogP contribution in [0.3, 0.4) is 0 Å². The first-order valence-electron chi connectivity index (χ1n) is 8.50. The zero-order valence-corrected chi connectivity index (χ0v) is 16.3. The van der Waals surface area contributed by atoms with Gasteiger partial charge in [0.1, 0.15) is 5.82 Å². The van der Waals surface area contributed by atoms with Gasteiger partial charge in [-0.05, 0) is 56.4 Å². The summed E-state index contributed by atoms with van der Waals surface area (Å²) in [5.41, 5.74) is 4.26. The molecule has 0 bridgehead atoms. The first-order chi connectivity index (χ1) is 12.4. The van der Waals surface area contributed by atoms with Crippen LogP contribution >= 0.6 is 12.2 Å². The fourth-order valence-corrected chi connectivity index (χ4v) is 3.23. The Labute approximate surface area is 158 Å². The largest absolute Gasteiger partial charge is 0.303 e. The van der Waals surface area contributed by atoms with Crippen LogP contribution in [-0.2, 0) is 20.3 Å². The Balaban J connectivity index is 1.83. The molecule has 0 atom stereocenters. The van der Waals surface area contributed by atoms with Gasteiger partial charge in [0.2, 0.25) is 0 Å². The van der Waals surface area contributed by atoms with Crippen molar-refractivity contribution < 1.29 is 4.39 Å². The molecule has 0 saturated carbocycles. The van der Waals surface area contributed by atoms with Crippen LogP contribution in [0.4, 0.5) is 4.39 Å². The van der Waals surface area contributed by atoms with E-state index in [2.05, 4.69) is 42.0 Å². The second kappa shape index (κ2) is 7.51. The van der Waals surface area contributed by atoms with Gasteiger partial charge in [-0.3, -0.25) is 4.90 Å². The maximum absolute atomic E-state index is 14.1. The molecule has 0 aliphatic carbocycles. The van der Waals surface area contributed by atoms with E-state index in [0.717, 1.165) is 6.54 Å². The van der Waals surface area contributed by atoms with Crippen molar-refractivity contribution in [2.45, 2.75) is 27.1 Å². The van der Waals surface area contributed by atoms with Gasteiger partial charge in [-0.2, -0.15) is 5.10 Å². The first-order valence-corrected chi connectivity index (χ1v) is 8.91. The van der Waals surface area contributed by atoms with Crippen LogP contribution in [0.1, 0.15) is 16.7 Å². The van der Waals surface area contributed by atoms with E-state index in [1.54, 1.807) is 27.4 Å². The van der Waals surface area contributed by atoms with E-state index in [4.69, 9.17) is 12.2 Å². The van der Waals surface area contributed by atoms with Gasteiger partial charge in [0.15, 0.2) is 10.6 Å². The van der Waals surface area contributed by atoms with Crippen molar-refractivity contribution in [3.63, 3.8) is 0 Å². The topological polar surface area (TPSA) is 26.0 Å². The lowest BCUT2D eigenvalue weighted by molar-refractivity contribution is 0.243. The summed E-state index contributed by atoms with van der Waals surface area (Å²) < 4.78 is 18.2. The zero-order valence-electron chi connectivity index (χ0n) is 15.5. The van der Waals surface area contributed by atoms with E-state index in [0.29, 0.717) is 22.8 Å². The molecule has 0 radical (unpaired) electrons. The standard InChI is InChI=1S/C20H23FN4S/c1-14-9-10-16(15(2)11-14)12-23(3)13-25-20(26)24(4)19(22-25)17-7-5-6-8-18(17)21/h5-11H,12-13H2,1-4H3. The molecule has 0 amide bonds. The second-order valence-electron chi connectivity index (χ2n) is 6.73. The lowest BCUT2D eigenvalue weighted by Crippen LogP contribution is -2.23. The lowest BCUT2D eigenvalue weighted by atomic mass is 10.1. The highest BCUT2D eigenvalue weighted by atomic mass is 32.1. The zero-order chi connectivity index (χ0) is 18.8. The van der Waals surface area contributed by atoms with Gasteiger partial charge in [-0.25, -0.2) is 9.07 Å². The highest BCUT2D eigenvalue weighted by molar-refractivity contribution is 7.71. The van der Waals surface area contributed by atoms with Gasteiger partial charge in [-0.1, -0.05) is 35.9 Å². The number of hydrogen-bond donors (Lipinski definition) is 0. The van der Waals surface area contributed by atoms with Crippen molar-refractivity contribution in [2.75, 3.05) is 7.05 Å². The Kier molecular flexibility index (Phi) is 5.34. The first kappa shape index (κ1) is 18.5. The van der Waals surface area contributed by atoms with Crippen molar-refractivity contribution in [3.8, 4) is 11.4 Å². The maximum Gasteiger partial charge on any atom is 0.199 e. The molecule has 1 heterocycles. The highest BCUT2D eigenvalue weighted by Crippen LogP contribution is 2.21. The molecule has 2 aromatic carbocycles. The van der Waals surface area contributed by atoms with Gasteiger partial charge in [0.25, 0.3) is 0 Å². The van der Waals surface area contributed by atoms with Crippen LogP contribution in [0.15, 0.2) is 42.5 Å². The van der Waals surface area contributed by atoms with Crippen LogP contribution in [0.5, 0.6) is 0 Å².